The molecule has 0 radical (unpaired) electrons. The monoisotopic (exact) mass is 327 g/mol. The van der Waals surface area contributed by atoms with Crippen LogP contribution in [0.25, 0.3) is 0 Å². The van der Waals surface area contributed by atoms with Crippen molar-refractivity contribution in [2.24, 2.45) is 0 Å². The molecule has 54 valence electrons. The van der Waals surface area contributed by atoms with Gasteiger partial charge in [0.1, 0.15) is 4.60 Å². The van der Waals surface area contributed by atoms with Crippen molar-refractivity contribution in [3.05, 3.63) is 26.9 Å². The third kappa shape index (κ3) is 2.04. The van der Waals surface area contributed by atoms with Crippen LogP contribution >= 0.6 is 47.8 Å². The Morgan fingerprint density at radius 3 is 2.60 bits per heavy atom. The first-order valence-corrected chi connectivity index (χ1v) is 5.30. The molecule has 0 aromatic carbocycles. The van der Waals surface area contributed by atoms with Crippen molar-refractivity contribution < 1.29 is 0 Å². The summed E-state index contributed by atoms with van der Waals surface area (Å²) in [4.78, 5) is 4.07. The van der Waals surface area contributed by atoms with Crippen LogP contribution < -0.4 is 0 Å². The average Bonchev–Trinajstić information content (AvgIpc) is 1.88. The highest BCUT2D eigenvalue weighted by atomic mass is 79.9. The maximum atomic E-state index is 4.07. The standard InChI is InChI=1S/C6H4Br3N/c7-2-4-3-10-6(9)1-5(4)8/h1,3H,2H2. The topological polar surface area (TPSA) is 12.9 Å². The van der Waals surface area contributed by atoms with E-state index in [1.54, 1.807) is 0 Å². The molecule has 1 aromatic rings. The quantitative estimate of drug-likeness (QED) is 0.567. The highest BCUT2D eigenvalue weighted by Crippen LogP contribution is 2.21. The van der Waals surface area contributed by atoms with Crippen LogP contribution in [0.3, 0.4) is 0 Å². The summed E-state index contributed by atoms with van der Waals surface area (Å²) in [6, 6.07) is 1.93. The lowest BCUT2D eigenvalue weighted by molar-refractivity contribution is 1.20. The highest BCUT2D eigenvalue weighted by Gasteiger charge is 1.97. The molecule has 0 saturated carbocycles. The molecule has 0 unspecified atom stereocenters. The Balaban J connectivity index is 3.07. The van der Waals surface area contributed by atoms with Gasteiger partial charge in [0.25, 0.3) is 0 Å². The SMILES string of the molecule is BrCc1cnc(Br)cc1Br. The Bertz CT molecular complexity index is 236. The molecule has 1 nitrogen and oxygen atoms in total. The van der Waals surface area contributed by atoms with Gasteiger partial charge in [-0.1, -0.05) is 31.9 Å². The minimum Gasteiger partial charge on any atom is -0.249 e. The van der Waals surface area contributed by atoms with Crippen molar-refractivity contribution in [2.75, 3.05) is 0 Å². The molecule has 0 N–H and O–H groups in total. The van der Waals surface area contributed by atoms with E-state index in [0.29, 0.717) is 0 Å². The Hall–Kier alpha value is 0.590. The summed E-state index contributed by atoms with van der Waals surface area (Å²) in [6.07, 6.45) is 1.82. The number of rotatable bonds is 1. The zero-order chi connectivity index (χ0) is 7.56. The third-order valence-corrected chi connectivity index (χ3v) is 2.82. The number of hydrogen-bond donors (Lipinski definition) is 0. The van der Waals surface area contributed by atoms with Gasteiger partial charge in [-0.3, -0.25) is 0 Å². The van der Waals surface area contributed by atoms with E-state index in [4.69, 9.17) is 0 Å². The average molecular weight is 330 g/mol. The fourth-order valence-electron chi connectivity index (χ4n) is 0.534. The molecule has 0 aliphatic heterocycles. The Labute approximate surface area is 84.6 Å². The van der Waals surface area contributed by atoms with Gasteiger partial charge >= 0.3 is 0 Å². The van der Waals surface area contributed by atoms with Gasteiger partial charge in [0.2, 0.25) is 0 Å². The molecule has 0 fully saturated rings. The summed E-state index contributed by atoms with van der Waals surface area (Å²) >= 11 is 10.0. The van der Waals surface area contributed by atoms with Crippen LogP contribution in [0.15, 0.2) is 21.3 Å². The van der Waals surface area contributed by atoms with Crippen LogP contribution in [0.4, 0.5) is 0 Å². The van der Waals surface area contributed by atoms with Crippen molar-refractivity contribution in [1.29, 1.82) is 0 Å². The van der Waals surface area contributed by atoms with E-state index in [-0.39, 0.29) is 0 Å². The number of pyridine rings is 1. The number of nitrogens with zero attached hydrogens (tertiary/aromatic N) is 1. The number of aromatic nitrogens is 1. The summed E-state index contributed by atoms with van der Waals surface area (Å²) in [5.74, 6) is 0. The van der Waals surface area contributed by atoms with Gasteiger partial charge in [0.05, 0.1) is 0 Å². The molecule has 4 heteroatoms. The molecular formula is C6H4Br3N. The van der Waals surface area contributed by atoms with Crippen molar-refractivity contribution in [3.8, 4) is 0 Å². The van der Waals surface area contributed by atoms with E-state index in [1.165, 1.54) is 0 Å². The largest absolute Gasteiger partial charge is 0.249 e. The van der Waals surface area contributed by atoms with E-state index in [9.17, 15) is 0 Å². The van der Waals surface area contributed by atoms with E-state index < -0.39 is 0 Å². The first-order valence-electron chi connectivity index (χ1n) is 2.60. The highest BCUT2D eigenvalue weighted by molar-refractivity contribution is 9.11. The van der Waals surface area contributed by atoms with Gasteiger partial charge in [0, 0.05) is 16.0 Å². The van der Waals surface area contributed by atoms with Crippen LogP contribution in [-0.4, -0.2) is 4.98 Å². The molecule has 1 rings (SSSR count). The van der Waals surface area contributed by atoms with Gasteiger partial charge in [-0.2, -0.15) is 0 Å². The zero-order valence-corrected chi connectivity index (χ0v) is 9.70. The molecular weight excluding hydrogens is 326 g/mol. The molecule has 0 spiro atoms. The summed E-state index contributed by atoms with van der Waals surface area (Å²) in [5.41, 5.74) is 1.16. The van der Waals surface area contributed by atoms with E-state index >= 15 is 0 Å². The Morgan fingerprint density at radius 2 is 2.10 bits per heavy atom. The summed E-state index contributed by atoms with van der Waals surface area (Å²) in [6.45, 7) is 0. The van der Waals surface area contributed by atoms with Crippen molar-refractivity contribution in [2.45, 2.75) is 5.33 Å². The normalized spacial score (nSPS) is 9.90. The zero-order valence-electron chi connectivity index (χ0n) is 4.94. The number of alkyl halides is 1. The second-order valence-electron chi connectivity index (χ2n) is 1.73. The third-order valence-electron chi connectivity index (χ3n) is 1.04. The summed E-state index contributed by atoms with van der Waals surface area (Å²) in [5, 5.41) is 0.827. The lowest BCUT2D eigenvalue weighted by Crippen LogP contribution is -1.82. The molecule has 0 bridgehead atoms. The smallest absolute Gasteiger partial charge is 0.107 e. The molecule has 10 heavy (non-hydrogen) atoms. The van der Waals surface area contributed by atoms with Crippen molar-refractivity contribution in [3.63, 3.8) is 0 Å². The molecule has 1 aromatic heterocycles. The molecule has 1 heterocycles. The van der Waals surface area contributed by atoms with Gasteiger partial charge < -0.3 is 0 Å². The van der Waals surface area contributed by atoms with Gasteiger partial charge in [-0.05, 0) is 27.6 Å². The van der Waals surface area contributed by atoms with Gasteiger partial charge in [0.15, 0.2) is 0 Å². The Kier molecular flexibility index (Phi) is 3.33. The van der Waals surface area contributed by atoms with Crippen LogP contribution in [0.1, 0.15) is 5.56 Å². The molecule has 0 saturated heterocycles. The van der Waals surface area contributed by atoms with E-state index in [0.717, 1.165) is 20.0 Å². The van der Waals surface area contributed by atoms with Crippen LogP contribution in [0, 0.1) is 0 Å². The molecule has 0 atom stereocenters. The second kappa shape index (κ2) is 3.83. The van der Waals surface area contributed by atoms with Crippen molar-refractivity contribution in [1.82, 2.24) is 4.98 Å². The van der Waals surface area contributed by atoms with Gasteiger partial charge in [-0.25, -0.2) is 4.98 Å². The molecule has 0 amide bonds. The minimum atomic E-state index is 0.827. The van der Waals surface area contributed by atoms with E-state index in [1.807, 2.05) is 12.3 Å². The van der Waals surface area contributed by atoms with Crippen molar-refractivity contribution >= 4 is 47.8 Å². The summed E-state index contributed by atoms with van der Waals surface area (Å²) in [7, 11) is 0. The fraction of sp³-hybridized carbons (Fsp3) is 0.167. The predicted octanol–water partition coefficient (Wildman–Crippen LogP) is 3.50. The lowest BCUT2D eigenvalue weighted by Gasteiger charge is -1.97. The van der Waals surface area contributed by atoms with E-state index in [2.05, 4.69) is 52.8 Å². The maximum absolute atomic E-state index is 4.07. The van der Waals surface area contributed by atoms with Crippen LogP contribution in [0.2, 0.25) is 0 Å². The number of halogens is 3. The first-order chi connectivity index (χ1) is 4.74. The fourth-order valence-corrected chi connectivity index (χ4v) is 2.46. The minimum absolute atomic E-state index is 0.827. The van der Waals surface area contributed by atoms with Gasteiger partial charge in [-0.15, -0.1) is 0 Å². The molecule has 0 aliphatic carbocycles. The second-order valence-corrected chi connectivity index (χ2v) is 3.96. The first kappa shape index (κ1) is 8.68. The Morgan fingerprint density at radius 1 is 1.40 bits per heavy atom. The predicted molar refractivity (Wildman–Crippen MR) is 52.3 cm³/mol. The lowest BCUT2D eigenvalue weighted by atomic mass is 10.3. The van der Waals surface area contributed by atoms with Crippen LogP contribution in [0.5, 0.6) is 0 Å². The molecule has 0 aliphatic rings. The summed E-state index contributed by atoms with van der Waals surface area (Å²) < 4.78 is 1.93. The number of hydrogen-bond acceptors (Lipinski definition) is 1. The van der Waals surface area contributed by atoms with Crippen LogP contribution in [-0.2, 0) is 5.33 Å². The maximum Gasteiger partial charge on any atom is 0.107 e.